The van der Waals surface area contributed by atoms with Crippen LogP contribution < -0.4 is 10.6 Å². The summed E-state index contributed by atoms with van der Waals surface area (Å²) >= 11 is 0. The monoisotopic (exact) mass is 253 g/mol. The molecule has 0 radical (unpaired) electrons. The van der Waals surface area contributed by atoms with E-state index in [0.717, 1.165) is 19.4 Å². The summed E-state index contributed by atoms with van der Waals surface area (Å²) in [7, 11) is 0. The number of piperazine rings is 1. The van der Waals surface area contributed by atoms with E-state index < -0.39 is 11.9 Å². The van der Waals surface area contributed by atoms with Crippen LogP contribution in [0.2, 0.25) is 0 Å². The fraction of sp³-hybridized carbons (Fsp3) is 0.750. The molecule has 0 saturated carbocycles. The molecule has 0 aromatic heterocycles. The first-order valence-corrected chi connectivity index (χ1v) is 6.36. The number of carbonyl (C=O) groups excluding carboxylic acids is 3. The second-order valence-corrected chi connectivity index (χ2v) is 5.13. The van der Waals surface area contributed by atoms with E-state index in [1.54, 1.807) is 6.92 Å². The summed E-state index contributed by atoms with van der Waals surface area (Å²) in [6.07, 6.45) is 1.53. The molecule has 6 nitrogen and oxygen atoms in total. The smallest absolute Gasteiger partial charge is 0.249 e. The van der Waals surface area contributed by atoms with Crippen molar-refractivity contribution in [2.45, 2.75) is 38.8 Å². The van der Waals surface area contributed by atoms with Gasteiger partial charge < -0.3 is 10.2 Å². The van der Waals surface area contributed by atoms with Crippen molar-refractivity contribution in [2.24, 2.45) is 5.92 Å². The van der Waals surface area contributed by atoms with Crippen molar-refractivity contribution in [1.82, 2.24) is 15.5 Å². The predicted octanol–water partition coefficient (Wildman–Crippen LogP) is -0.752. The van der Waals surface area contributed by atoms with Gasteiger partial charge >= 0.3 is 0 Å². The van der Waals surface area contributed by atoms with Crippen LogP contribution in [0.4, 0.5) is 0 Å². The van der Waals surface area contributed by atoms with Gasteiger partial charge in [0.05, 0.1) is 0 Å². The Labute approximate surface area is 106 Å². The molecular weight excluding hydrogens is 234 g/mol. The third kappa shape index (κ3) is 2.53. The molecule has 3 atom stereocenters. The van der Waals surface area contributed by atoms with E-state index in [2.05, 4.69) is 10.6 Å². The summed E-state index contributed by atoms with van der Waals surface area (Å²) in [5, 5.41) is 5.52. The Balaban J connectivity index is 2.07. The van der Waals surface area contributed by atoms with Crippen LogP contribution in [-0.4, -0.2) is 47.8 Å². The van der Waals surface area contributed by atoms with Crippen molar-refractivity contribution in [3.05, 3.63) is 0 Å². The van der Waals surface area contributed by atoms with Gasteiger partial charge in [-0.05, 0) is 33.2 Å². The highest BCUT2D eigenvalue weighted by atomic mass is 16.2. The Kier molecular flexibility index (Phi) is 3.65. The first-order chi connectivity index (χ1) is 8.49. The number of nitrogens with zero attached hydrogens (tertiary/aromatic N) is 1. The first kappa shape index (κ1) is 13.0. The van der Waals surface area contributed by atoms with E-state index in [0.29, 0.717) is 6.04 Å². The molecule has 2 heterocycles. The molecule has 0 aliphatic carbocycles. The fourth-order valence-corrected chi connectivity index (χ4v) is 2.57. The van der Waals surface area contributed by atoms with Gasteiger partial charge in [0.25, 0.3) is 0 Å². The van der Waals surface area contributed by atoms with Gasteiger partial charge in [0.15, 0.2) is 0 Å². The minimum Gasteiger partial charge on any atom is -0.321 e. The van der Waals surface area contributed by atoms with E-state index >= 15 is 0 Å². The van der Waals surface area contributed by atoms with Crippen LogP contribution in [0.1, 0.15) is 26.7 Å². The van der Waals surface area contributed by atoms with Crippen LogP contribution in [0.15, 0.2) is 0 Å². The average molecular weight is 253 g/mol. The quantitative estimate of drug-likeness (QED) is 0.603. The SMILES string of the molecule is CC1CC(C(=O)N2CC(=O)NC(=O)C2C)CCN1. The summed E-state index contributed by atoms with van der Waals surface area (Å²) < 4.78 is 0. The van der Waals surface area contributed by atoms with Crippen LogP contribution in [0, 0.1) is 5.92 Å². The van der Waals surface area contributed by atoms with E-state index in [1.165, 1.54) is 4.90 Å². The first-order valence-electron chi connectivity index (χ1n) is 6.36. The van der Waals surface area contributed by atoms with Gasteiger partial charge in [-0.15, -0.1) is 0 Å². The number of hydrogen-bond acceptors (Lipinski definition) is 4. The zero-order valence-electron chi connectivity index (χ0n) is 10.7. The highest BCUT2D eigenvalue weighted by Gasteiger charge is 2.37. The summed E-state index contributed by atoms with van der Waals surface area (Å²) in [6.45, 7) is 4.49. The molecular formula is C12H19N3O3. The molecule has 2 N–H and O–H groups in total. The van der Waals surface area contributed by atoms with Crippen molar-refractivity contribution in [3.8, 4) is 0 Å². The van der Waals surface area contributed by atoms with Gasteiger partial charge in [-0.3, -0.25) is 19.7 Å². The van der Waals surface area contributed by atoms with Crippen LogP contribution in [-0.2, 0) is 14.4 Å². The molecule has 2 saturated heterocycles. The third-order valence-corrected chi connectivity index (χ3v) is 3.68. The lowest BCUT2D eigenvalue weighted by molar-refractivity contribution is -0.152. The van der Waals surface area contributed by atoms with Crippen LogP contribution in [0.3, 0.4) is 0 Å². The van der Waals surface area contributed by atoms with Crippen molar-refractivity contribution in [2.75, 3.05) is 13.1 Å². The molecule has 2 fully saturated rings. The Bertz CT molecular complexity index is 383. The van der Waals surface area contributed by atoms with E-state index in [4.69, 9.17) is 0 Å². The summed E-state index contributed by atoms with van der Waals surface area (Å²) in [5.74, 6) is -0.934. The molecule has 3 amide bonds. The third-order valence-electron chi connectivity index (χ3n) is 3.68. The largest absolute Gasteiger partial charge is 0.321 e. The molecule has 100 valence electrons. The number of amides is 3. The summed E-state index contributed by atoms with van der Waals surface area (Å²) in [6, 6.07) is -0.252. The number of carbonyl (C=O) groups is 3. The minimum absolute atomic E-state index is 0.00987. The van der Waals surface area contributed by atoms with Gasteiger partial charge in [0.2, 0.25) is 17.7 Å². The molecule has 0 aromatic rings. The van der Waals surface area contributed by atoms with Gasteiger partial charge in [-0.2, -0.15) is 0 Å². The maximum absolute atomic E-state index is 12.4. The van der Waals surface area contributed by atoms with Crippen LogP contribution >= 0.6 is 0 Å². The lowest BCUT2D eigenvalue weighted by Crippen LogP contribution is -2.60. The van der Waals surface area contributed by atoms with E-state index in [1.807, 2.05) is 6.92 Å². The summed E-state index contributed by atoms with van der Waals surface area (Å²) in [5.41, 5.74) is 0. The number of piperidine rings is 1. The molecule has 0 spiro atoms. The Morgan fingerprint density at radius 3 is 2.72 bits per heavy atom. The Hall–Kier alpha value is -1.43. The zero-order valence-corrected chi connectivity index (χ0v) is 10.7. The maximum atomic E-state index is 12.4. The van der Waals surface area contributed by atoms with Crippen molar-refractivity contribution in [3.63, 3.8) is 0 Å². The Morgan fingerprint density at radius 1 is 1.33 bits per heavy atom. The highest BCUT2D eigenvalue weighted by Crippen LogP contribution is 2.20. The lowest BCUT2D eigenvalue weighted by Gasteiger charge is -2.36. The van der Waals surface area contributed by atoms with Crippen molar-refractivity contribution >= 4 is 17.7 Å². The second kappa shape index (κ2) is 5.06. The second-order valence-electron chi connectivity index (χ2n) is 5.13. The Morgan fingerprint density at radius 2 is 2.06 bits per heavy atom. The molecule has 6 heteroatoms. The molecule has 2 aliphatic rings. The summed E-state index contributed by atoms with van der Waals surface area (Å²) in [4.78, 5) is 36.6. The van der Waals surface area contributed by atoms with Gasteiger partial charge in [-0.25, -0.2) is 0 Å². The van der Waals surface area contributed by atoms with E-state index in [-0.39, 0.29) is 24.3 Å². The number of hydrogen-bond donors (Lipinski definition) is 2. The topological polar surface area (TPSA) is 78.5 Å². The van der Waals surface area contributed by atoms with Crippen LogP contribution in [0.25, 0.3) is 0 Å². The lowest BCUT2D eigenvalue weighted by atomic mass is 9.91. The fourth-order valence-electron chi connectivity index (χ4n) is 2.57. The molecule has 2 aliphatic heterocycles. The van der Waals surface area contributed by atoms with Crippen molar-refractivity contribution < 1.29 is 14.4 Å². The molecule has 18 heavy (non-hydrogen) atoms. The normalized spacial score (nSPS) is 33.2. The maximum Gasteiger partial charge on any atom is 0.249 e. The van der Waals surface area contributed by atoms with Gasteiger partial charge in [0.1, 0.15) is 12.6 Å². The van der Waals surface area contributed by atoms with Crippen LogP contribution in [0.5, 0.6) is 0 Å². The molecule has 0 aromatic carbocycles. The number of nitrogens with one attached hydrogen (secondary N) is 2. The molecule has 3 unspecified atom stereocenters. The minimum atomic E-state index is -0.555. The molecule has 2 rings (SSSR count). The zero-order chi connectivity index (χ0) is 13.3. The van der Waals surface area contributed by atoms with Crippen molar-refractivity contribution in [1.29, 1.82) is 0 Å². The number of imide groups is 1. The van der Waals surface area contributed by atoms with E-state index in [9.17, 15) is 14.4 Å². The highest BCUT2D eigenvalue weighted by molar-refractivity contribution is 6.04. The average Bonchev–Trinajstić information content (AvgIpc) is 2.33. The van der Waals surface area contributed by atoms with Gasteiger partial charge in [0, 0.05) is 12.0 Å². The standard InChI is InChI=1S/C12H19N3O3/c1-7-5-9(3-4-13-7)12(18)15-6-10(16)14-11(17)8(15)2/h7-9,13H,3-6H2,1-2H3,(H,14,16,17). The molecule has 0 bridgehead atoms. The predicted molar refractivity (Wildman–Crippen MR) is 64.5 cm³/mol. The number of rotatable bonds is 1. The van der Waals surface area contributed by atoms with Gasteiger partial charge in [-0.1, -0.05) is 0 Å².